The van der Waals surface area contributed by atoms with Crippen molar-refractivity contribution < 1.29 is 14.7 Å². The predicted molar refractivity (Wildman–Crippen MR) is 138 cm³/mol. The van der Waals surface area contributed by atoms with Crippen molar-refractivity contribution in [1.82, 2.24) is 29.9 Å². The van der Waals surface area contributed by atoms with Gasteiger partial charge in [0.15, 0.2) is 0 Å². The van der Waals surface area contributed by atoms with E-state index < -0.39 is 0 Å². The van der Waals surface area contributed by atoms with Crippen LogP contribution >= 0.6 is 0 Å². The zero-order valence-electron chi connectivity index (χ0n) is 21.1. The first-order valence-corrected chi connectivity index (χ1v) is 12.4. The first-order chi connectivity index (χ1) is 17.4. The van der Waals surface area contributed by atoms with E-state index >= 15 is 0 Å². The Morgan fingerprint density at radius 2 is 1.83 bits per heavy atom. The number of aliphatic hydroxyl groups excluding tert-OH is 1. The molecule has 4 heterocycles. The molecule has 10 nitrogen and oxygen atoms in total. The maximum absolute atomic E-state index is 13.0. The zero-order valence-corrected chi connectivity index (χ0v) is 21.1. The number of hydrogen-bond acceptors (Lipinski definition) is 7. The van der Waals surface area contributed by atoms with Crippen LogP contribution in [0.3, 0.4) is 0 Å². The van der Waals surface area contributed by atoms with Crippen LogP contribution in [-0.4, -0.2) is 82.1 Å². The second-order valence-electron chi connectivity index (χ2n) is 9.74. The van der Waals surface area contributed by atoms with Crippen LogP contribution in [0.1, 0.15) is 46.7 Å². The number of amides is 2. The van der Waals surface area contributed by atoms with Gasteiger partial charge < -0.3 is 25.5 Å². The Morgan fingerprint density at radius 3 is 2.50 bits per heavy atom. The van der Waals surface area contributed by atoms with E-state index in [1.165, 1.54) is 6.20 Å². The minimum Gasteiger partial charge on any atom is -0.394 e. The summed E-state index contributed by atoms with van der Waals surface area (Å²) in [5.74, 6) is 0.654. The Balaban J connectivity index is 1.40. The molecule has 36 heavy (non-hydrogen) atoms. The molecule has 0 bridgehead atoms. The van der Waals surface area contributed by atoms with Gasteiger partial charge in [0.25, 0.3) is 11.8 Å². The number of anilines is 1. The largest absolute Gasteiger partial charge is 0.394 e. The standard InChI is InChI=1S/C26H35N7O3/c1-18(2)13-20(17-34)30-26(36)22-16-28-24-21(5-4-8-33(22)24)25(35)29-15-19-6-7-23(27-14-19)32-11-9-31(3)10-12-32/h4-8,14,16,18,20,34H,9-13,15,17H2,1-3H3,(H,29,35)(H,30,36). The summed E-state index contributed by atoms with van der Waals surface area (Å²) in [7, 11) is 2.12. The van der Waals surface area contributed by atoms with Crippen LogP contribution in [0.15, 0.2) is 42.9 Å². The lowest BCUT2D eigenvalue weighted by Crippen LogP contribution is -2.44. The van der Waals surface area contributed by atoms with Crippen LogP contribution in [0, 0.1) is 5.92 Å². The third kappa shape index (κ3) is 6.00. The van der Waals surface area contributed by atoms with E-state index in [1.54, 1.807) is 28.9 Å². The molecule has 1 saturated heterocycles. The fraction of sp³-hybridized carbons (Fsp3) is 0.462. The smallest absolute Gasteiger partial charge is 0.270 e. The summed E-state index contributed by atoms with van der Waals surface area (Å²) in [4.78, 5) is 39.3. The molecule has 0 saturated carbocycles. The van der Waals surface area contributed by atoms with E-state index in [1.807, 2.05) is 26.0 Å². The van der Waals surface area contributed by atoms with E-state index in [4.69, 9.17) is 0 Å². The quantitative estimate of drug-likeness (QED) is 0.414. The molecular formula is C26H35N7O3. The lowest BCUT2D eigenvalue weighted by molar-refractivity contribution is 0.0900. The van der Waals surface area contributed by atoms with Gasteiger partial charge >= 0.3 is 0 Å². The van der Waals surface area contributed by atoms with Gasteiger partial charge in [0.1, 0.15) is 17.2 Å². The number of imidazole rings is 1. The fourth-order valence-corrected chi connectivity index (χ4v) is 4.39. The third-order valence-corrected chi connectivity index (χ3v) is 6.41. The van der Waals surface area contributed by atoms with E-state index in [0.717, 1.165) is 37.6 Å². The van der Waals surface area contributed by atoms with Crippen LogP contribution in [0.2, 0.25) is 0 Å². The molecule has 1 atom stereocenters. The van der Waals surface area contributed by atoms with E-state index in [-0.39, 0.29) is 24.5 Å². The number of aliphatic hydroxyl groups is 1. The van der Waals surface area contributed by atoms with Crippen molar-refractivity contribution in [3.63, 3.8) is 0 Å². The molecule has 3 N–H and O–H groups in total. The number of likely N-dealkylation sites (N-methyl/N-ethyl adjacent to an activating group) is 1. The molecule has 1 unspecified atom stereocenters. The zero-order chi connectivity index (χ0) is 25.7. The number of hydrogen-bond donors (Lipinski definition) is 3. The molecule has 1 aliphatic rings. The number of nitrogens with zero attached hydrogens (tertiary/aromatic N) is 5. The molecule has 2 amide bonds. The van der Waals surface area contributed by atoms with Gasteiger partial charge in [-0.1, -0.05) is 19.9 Å². The molecule has 1 aliphatic heterocycles. The normalized spacial score (nSPS) is 15.3. The van der Waals surface area contributed by atoms with Crippen LogP contribution in [0.5, 0.6) is 0 Å². The van der Waals surface area contributed by atoms with Gasteiger partial charge in [0.2, 0.25) is 0 Å². The van der Waals surface area contributed by atoms with Crippen LogP contribution < -0.4 is 15.5 Å². The molecule has 0 radical (unpaired) electrons. The summed E-state index contributed by atoms with van der Waals surface area (Å²) >= 11 is 0. The Morgan fingerprint density at radius 1 is 1.06 bits per heavy atom. The maximum atomic E-state index is 13.0. The van der Waals surface area contributed by atoms with Crippen LogP contribution in [0.25, 0.3) is 5.65 Å². The summed E-state index contributed by atoms with van der Waals surface area (Å²) < 4.78 is 1.60. The average Bonchev–Trinajstić information content (AvgIpc) is 3.32. The topological polar surface area (TPSA) is 115 Å². The Hall–Kier alpha value is -3.50. The highest BCUT2D eigenvalue weighted by atomic mass is 16.3. The SMILES string of the molecule is CC(C)CC(CO)NC(=O)c1cnc2c(C(=O)NCc3ccc(N4CCN(C)CC4)nc3)cccn12. The van der Waals surface area contributed by atoms with Crippen molar-refractivity contribution in [1.29, 1.82) is 0 Å². The molecule has 192 valence electrons. The van der Waals surface area contributed by atoms with Gasteiger partial charge in [-0.3, -0.25) is 14.0 Å². The van der Waals surface area contributed by atoms with E-state index in [9.17, 15) is 14.7 Å². The third-order valence-electron chi connectivity index (χ3n) is 6.41. The average molecular weight is 494 g/mol. The highest BCUT2D eigenvalue weighted by molar-refractivity contribution is 6.01. The monoisotopic (exact) mass is 493 g/mol. The van der Waals surface area contributed by atoms with Gasteiger partial charge in [0, 0.05) is 45.1 Å². The molecule has 1 fully saturated rings. The van der Waals surface area contributed by atoms with Crippen molar-refractivity contribution in [3.05, 3.63) is 59.7 Å². The predicted octanol–water partition coefficient (Wildman–Crippen LogP) is 1.55. The number of aromatic nitrogens is 3. The van der Waals surface area contributed by atoms with Gasteiger partial charge in [0.05, 0.1) is 24.4 Å². The molecule has 3 aromatic rings. The highest BCUT2D eigenvalue weighted by Gasteiger charge is 2.20. The summed E-state index contributed by atoms with van der Waals surface area (Å²) in [6, 6.07) is 7.03. The van der Waals surface area contributed by atoms with Crippen LogP contribution in [-0.2, 0) is 6.54 Å². The molecule has 4 rings (SSSR count). The van der Waals surface area contributed by atoms with Gasteiger partial charge in [-0.25, -0.2) is 9.97 Å². The molecule has 3 aromatic heterocycles. The fourth-order valence-electron chi connectivity index (χ4n) is 4.39. The Kier molecular flexibility index (Phi) is 8.17. The van der Waals surface area contributed by atoms with E-state index in [2.05, 4.69) is 37.4 Å². The van der Waals surface area contributed by atoms with Gasteiger partial charge in [-0.05, 0) is 43.1 Å². The number of rotatable bonds is 9. The lowest BCUT2D eigenvalue weighted by Gasteiger charge is -2.33. The van der Waals surface area contributed by atoms with Crippen molar-refractivity contribution in [2.45, 2.75) is 32.9 Å². The van der Waals surface area contributed by atoms with Crippen molar-refractivity contribution in [2.24, 2.45) is 5.92 Å². The highest BCUT2D eigenvalue weighted by Crippen LogP contribution is 2.15. The molecule has 0 aliphatic carbocycles. The summed E-state index contributed by atoms with van der Waals surface area (Å²) in [5, 5.41) is 15.4. The first-order valence-electron chi connectivity index (χ1n) is 12.4. The van der Waals surface area contributed by atoms with Crippen LogP contribution in [0.4, 0.5) is 5.82 Å². The molecule has 0 aromatic carbocycles. The van der Waals surface area contributed by atoms with Crippen molar-refractivity contribution in [2.75, 3.05) is 44.7 Å². The van der Waals surface area contributed by atoms with Gasteiger partial charge in [-0.2, -0.15) is 0 Å². The second kappa shape index (κ2) is 11.5. The minimum absolute atomic E-state index is 0.139. The number of piperazine rings is 1. The minimum atomic E-state index is -0.342. The number of nitrogens with one attached hydrogen (secondary N) is 2. The summed E-state index contributed by atoms with van der Waals surface area (Å²) in [6.07, 6.45) is 5.61. The number of fused-ring (bicyclic) bond motifs is 1. The second-order valence-corrected chi connectivity index (χ2v) is 9.74. The first kappa shape index (κ1) is 25.6. The Labute approximate surface area is 211 Å². The number of pyridine rings is 2. The lowest BCUT2D eigenvalue weighted by atomic mass is 10.0. The summed E-state index contributed by atoms with van der Waals surface area (Å²) in [6.45, 7) is 8.19. The molecule has 0 spiro atoms. The number of carbonyl (C=O) groups is 2. The van der Waals surface area contributed by atoms with E-state index in [0.29, 0.717) is 35.8 Å². The molecular weight excluding hydrogens is 458 g/mol. The van der Waals surface area contributed by atoms with Crippen molar-refractivity contribution >= 4 is 23.3 Å². The maximum Gasteiger partial charge on any atom is 0.270 e. The van der Waals surface area contributed by atoms with Gasteiger partial charge in [-0.15, -0.1) is 0 Å². The van der Waals surface area contributed by atoms with Crippen molar-refractivity contribution in [3.8, 4) is 0 Å². The molecule has 10 heteroatoms. The summed E-state index contributed by atoms with van der Waals surface area (Å²) in [5.41, 5.74) is 1.98. The Bertz CT molecular complexity index is 1180. The number of carbonyl (C=O) groups excluding carboxylic acids is 2.